The predicted molar refractivity (Wildman–Crippen MR) is 118 cm³/mol. The van der Waals surface area contributed by atoms with E-state index < -0.39 is 11.7 Å². The average Bonchev–Trinajstić information content (AvgIpc) is 3.40. The van der Waals surface area contributed by atoms with E-state index in [1.54, 1.807) is 42.5 Å². The highest BCUT2D eigenvalue weighted by Gasteiger charge is 2.19. The van der Waals surface area contributed by atoms with E-state index in [0.717, 1.165) is 0 Å². The molecule has 0 saturated heterocycles. The lowest BCUT2D eigenvalue weighted by molar-refractivity contribution is 0.102. The van der Waals surface area contributed by atoms with Crippen LogP contribution in [-0.4, -0.2) is 49.2 Å². The molecule has 1 aromatic carbocycles. The summed E-state index contributed by atoms with van der Waals surface area (Å²) in [5, 5.41) is 15.7. The summed E-state index contributed by atoms with van der Waals surface area (Å²) in [6.45, 7) is 6.39. The van der Waals surface area contributed by atoms with E-state index in [1.807, 2.05) is 25.3 Å². The monoisotopic (exact) mass is 437 g/mol. The van der Waals surface area contributed by atoms with Crippen LogP contribution in [0.3, 0.4) is 0 Å². The third-order valence-corrected chi connectivity index (χ3v) is 5.10. The van der Waals surface area contributed by atoms with Crippen molar-refractivity contribution in [2.75, 3.05) is 19.0 Å². The molecule has 3 heterocycles. The van der Waals surface area contributed by atoms with Crippen molar-refractivity contribution in [1.82, 2.24) is 29.5 Å². The molecule has 0 spiro atoms. The fourth-order valence-corrected chi connectivity index (χ4v) is 3.52. The van der Waals surface area contributed by atoms with Crippen LogP contribution in [0.15, 0.2) is 42.9 Å². The quantitative estimate of drug-likeness (QED) is 0.471. The molecule has 1 amide bonds. The average molecular weight is 437 g/mol. The summed E-state index contributed by atoms with van der Waals surface area (Å²) in [6, 6.07) is 8.04. The lowest BCUT2D eigenvalue weighted by atomic mass is 10.1. The summed E-state index contributed by atoms with van der Waals surface area (Å²) in [5.41, 5.74) is 1.10. The number of fused-ring (bicyclic) bond motifs is 1. The van der Waals surface area contributed by atoms with E-state index in [2.05, 4.69) is 25.6 Å². The Morgan fingerprint density at radius 2 is 2.06 bits per heavy atom. The number of hydrogen-bond acceptors (Lipinski definition) is 6. The Hall–Kier alpha value is -3.66. The second-order valence-electron chi connectivity index (χ2n) is 7.80. The number of ether oxygens (including phenoxy) is 1. The number of methoxy groups -OCH3 is 1. The van der Waals surface area contributed by atoms with E-state index in [0.29, 0.717) is 29.0 Å². The van der Waals surface area contributed by atoms with Crippen molar-refractivity contribution in [2.24, 2.45) is 0 Å². The molecule has 0 aliphatic carbocycles. The van der Waals surface area contributed by atoms with Gasteiger partial charge in [-0.1, -0.05) is 6.07 Å². The second kappa shape index (κ2) is 8.83. The molecule has 4 aromatic rings. The maximum atomic E-state index is 14.7. The van der Waals surface area contributed by atoms with Crippen LogP contribution in [-0.2, 0) is 4.74 Å². The van der Waals surface area contributed by atoms with Gasteiger partial charge in [-0.15, -0.1) is 10.2 Å². The van der Waals surface area contributed by atoms with Gasteiger partial charge in [0.05, 0.1) is 29.9 Å². The minimum atomic E-state index is -0.635. The molecule has 32 heavy (non-hydrogen) atoms. The van der Waals surface area contributed by atoms with Gasteiger partial charge in [-0.3, -0.25) is 9.48 Å². The van der Waals surface area contributed by atoms with E-state index >= 15 is 0 Å². The largest absolute Gasteiger partial charge is 0.382 e. The first kappa shape index (κ1) is 21.6. The number of aromatic nitrogens is 6. The molecule has 1 atom stereocenters. The van der Waals surface area contributed by atoms with Crippen LogP contribution < -0.4 is 5.32 Å². The minimum absolute atomic E-state index is 0.0736. The van der Waals surface area contributed by atoms with Crippen LogP contribution in [0, 0.1) is 5.82 Å². The normalized spacial score (nSPS) is 12.4. The number of anilines is 1. The molecular formula is C22H24FN7O2. The zero-order valence-electron chi connectivity index (χ0n) is 18.3. The summed E-state index contributed by atoms with van der Waals surface area (Å²) in [7, 11) is 1.60. The molecule has 0 radical (unpaired) electrons. The second-order valence-corrected chi connectivity index (χ2v) is 7.80. The molecule has 0 bridgehead atoms. The Balaban J connectivity index is 1.63. The number of amides is 1. The fourth-order valence-electron chi connectivity index (χ4n) is 3.52. The van der Waals surface area contributed by atoms with Crippen molar-refractivity contribution in [2.45, 2.75) is 32.9 Å². The van der Waals surface area contributed by atoms with E-state index in [1.165, 1.54) is 12.1 Å². The lowest BCUT2D eigenvalue weighted by Gasteiger charge is -2.13. The maximum absolute atomic E-state index is 14.7. The standard InChI is InChI=1S/C22H24FN7O2/c1-13(2)29-12-24-28-21(29)18-6-5-7-20(26-18)27-22(31)16-9-19-15(8-17(16)23)10-25-30(19)14(3)11-32-4/h5-10,12-14H,11H2,1-4H3,(H,26,27,31)/t14-/m1/s1. The Kier molecular flexibility index (Phi) is 5.95. The highest BCUT2D eigenvalue weighted by atomic mass is 19.1. The molecule has 1 N–H and O–H groups in total. The molecule has 4 rings (SSSR count). The first-order chi connectivity index (χ1) is 15.4. The molecule has 10 heteroatoms. The van der Waals surface area contributed by atoms with E-state index in [-0.39, 0.29) is 23.5 Å². The Labute approximate surface area is 184 Å². The number of carbonyl (C=O) groups excluding carboxylic acids is 1. The van der Waals surface area contributed by atoms with Crippen molar-refractivity contribution >= 4 is 22.6 Å². The number of hydrogen-bond donors (Lipinski definition) is 1. The number of benzene rings is 1. The highest BCUT2D eigenvalue weighted by Crippen LogP contribution is 2.24. The molecule has 3 aromatic heterocycles. The number of carbonyl (C=O) groups is 1. The Bertz CT molecular complexity index is 1260. The summed E-state index contributed by atoms with van der Waals surface area (Å²) >= 11 is 0. The van der Waals surface area contributed by atoms with Gasteiger partial charge in [0.15, 0.2) is 5.82 Å². The summed E-state index contributed by atoms with van der Waals surface area (Å²) in [4.78, 5) is 17.4. The van der Waals surface area contributed by atoms with Crippen molar-refractivity contribution in [3.05, 3.63) is 54.2 Å². The van der Waals surface area contributed by atoms with Crippen molar-refractivity contribution < 1.29 is 13.9 Å². The summed E-state index contributed by atoms with van der Waals surface area (Å²) in [6.07, 6.45) is 3.20. The van der Waals surface area contributed by atoms with Gasteiger partial charge in [0.1, 0.15) is 23.7 Å². The molecule has 0 aliphatic heterocycles. The van der Waals surface area contributed by atoms with E-state index in [9.17, 15) is 9.18 Å². The lowest BCUT2D eigenvalue weighted by Crippen LogP contribution is -2.16. The maximum Gasteiger partial charge on any atom is 0.259 e. The minimum Gasteiger partial charge on any atom is -0.382 e. The van der Waals surface area contributed by atoms with Crippen molar-refractivity contribution in [3.63, 3.8) is 0 Å². The molecule has 0 saturated carbocycles. The third kappa shape index (κ3) is 4.09. The van der Waals surface area contributed by atoms with Crippen LogP contribution in [0.4, 0.5) is 10.2 Å². The smallest absolute Gasteiger partial charge is 0.259 e. The fraction of sp³-hybridized carbons (Fsp3) is 0.318. The zero-order chi connectivity index (χ0) is 22.8. The van der Waals surface area contributed by atoms with Gasteiger partial charge in [-0.05, 0) is 45.0 Å². The van der Waals surface area contributed by atoms with Crippen LogP contribution in [0.2, 0.25) is 0 Å². The predicted octanol–water partition coefficient (Wildman–Crippen LogP) is 3.87. The SMILES string of the molecule is COC[C@@H](C)n1ncc2cc(F)c(C(=O)Nc3cccc(-c4nncn4C(C)C)n3)cc21. The number of nitrogens with one attached hydrogen (secondary N) is 1. The first-order valence-corrected chi connectivity index (χ1v) is 10.2. The number of halogens is 1. The van der Waals surface area contributed by atoms with Gasteiger partial charge >= 0.3 is 0 Å². The van der Waals surface area contributed by atoms with Gasteiger partial charge in [0.25, 0.3) is 5.91 Å². The Morgan fingerprint density at radius 3 is 2.81 bits per heavy atom. The zero-order valence-corrected chi connectivity index (χ0v) is 18.3. The topological polar surface area (TPSA) is 99.8 Å². The van der Waals surface area contributed by atoms with Gasteiger partial charge in [-0.2, -0.15) is 5.10 Å². The van der Waals surface area contributed by atoms with Crippen molar-refractivity contribution in [1.29, 1.82) is 0 Å². The van der Waals surface area contributed by atoms with Crippen molar-refractivity contribution in [3.8, 4) is 11.5 Å². The van der Waals surface area contributed by atoms with Crippen LogP contribution in [0.5, 0.6) is 0 Å². The number of pyridine rings is 1. The van der Waals surface area contributed by atoms with Gasteiger partial charge in [0, 0.05) is 18.5 Å². The Morgan fingerprint density at radius 1 is 1.25 bits per heavy atom. The van der Waals surface area contributed by atoms with Gasteiger partial charge in [-0.25, -0.2) is 9.37 Å². The van der Waals surface area contributed by atoms with Gasteiger partial charge < -0.3 is 14.6 Å². The van der Waals surface area contributed by atoms with Crippen LogP contribution in [0.25, 0.3) is 22.4 Å². The van der Waals surface area contributed by atoms with E-state index in [4.69, 9.17) is 4.74 Å². The van der Waals surface area contributed by atoms with Crippen LogP contribution in [0.1, 0.15) is 43.2 Å². The third-order valence-electron chi connectivity index (χ3n) is 5.10. The molecule has 0 unspecified atom stereocenters. The molecule has 0 fully saturated rings. The summed E-state index contributed by atoms with van der Waals surface area (Å²) < 4.78 is 23.5. The molecule has 9 nitrogen and oxygen atoms in total. The number of nitrogens with zero attached hydrogens (tertiary/aromatic N) is 6. The molecule has 166 valence electrons. The summed E-state index contributed by atoms with van der Waals surface area (Å²) in [5.74, 6) is -0.373. The highest BCUT2D eigenvalue weighted by molar-refractivity contribution is 6.06. The van der Waals surface area contributed by atoms with Crippen LogP contribution >= 0.6 is 0 Å². The molecule has 0 aliphatic rings. The first-order valence-electron chi connectivity index (χ1n) is 10.2. The van der Waals surface area contributed by atoms with Gasteiger partial charge in [0.2, 0.25) is 0 Å². The molecular weight excluding hydrogens is 413 g/mol. The number of rotatable bonds is 7.